The Labute approximate surface area is 212 Å². The number of aliphatic carboxylic acids is 1. The number of aliphatic hydroxyl groups is 1. The van der Waals surface area contributed by atoms with Crippen LogP contribution in [0.3, 0.4) is 0 Å². The van der Waals surface area contributed by atoms with E-state index in [1.54, 1.807) is 13.8 Å². The van der Waals surface area contributed by atoms with Crippen molar-refractivity contribution in [2.75, 3.05) is 6.61 Å². The van der Waals surface area contributed by atoms with Crippen molar-refractivity contribution in [3.63, 3.8) is 0 Å². The molecular weight excluding hydrogens is 488 g/mol. The fourth-order valence-electron chi connectivity index (χ4n) is 3.81. The molecule has 7 nitrogen and oxygen atoms in total. The maximum atomic E-state index is 13.0. The Morgan fingerprint density at radius 2 is 1.14 bits per heavy atom. The Kier molecular flexibility index (Phi) is 10.4. The zero-order valence-corrected chi connectivity index (χ0v) is 22.6. The molecule has 2 aromatic heterocycles. The Morgan fingerprint density at radius 1 is 0.771 bits per heavy atom. The van der Waals surface area contributed by atoms with Crippen molar-refractivity contribution in [3.8, 4) is 0 Å². The van der Waals surface area contributed by atoms with Crippen molar-refractivity contribution < 1.29 is 24.1 Å². The van der Waals surface area contributed by atoms with Gasteiger partial charge < -0.3 is 19.3 Å². The monoisotopic (exact) mass is 524 g/mol. The number of carboxylic acids is 1. The van der Waals surface area contributed by atoms with Gasteiger partial charge in [0.2, 0.25) is 0 Å². The molecular formula is C26H36O7S2. The molecule has 0 spiro atoms. The Morgan fingerprint density at radius 3 is 1.51 bits per heavy atom. The Bertz CT molecular complexity index is 1150. The second kappa shape index (κ2) is 12.4. The lowest BCUT2D eigenvalue weighted by Crippen LogP contribution is -2.23. The van der Waals surface area contributed by atoms with Crippen LogP contribution in [0.1, 0.15) is 72.9 Å². The van der Waals surface area contributed by atoms with Crippen molar-refractivity contribution in [1.29, 1.82) is 0 Å². The molecule has 194 valence electrons. The first kappa shape index (κ1) is 29.3. The third kappa shape index (κ3) is 8.61. The predicted octanol–water partition coefficient (Wildman–Crippen LogP) is 4.42. The lowest BCUT2D eigenvalue weighted by Gasteiger charge is -2.20. The summed E-state index contributed by atoms with van der Waals surface area (Å²) in [5.41, 5.74) is -1.64. The molecule has 2 aromatic rings. The fraction of sp³-hybridized carbons (Fsp3) is 0.577. The van der Waals surface area contributed by atoms with E-state index in [0.717, 1.165) is 6.42 Å². The molecule has 2 N–H and O–H groups in total. The highest BCUT2D eigenvalue weighted by atomic mass is 32.2. The highest BCUT2D eigenvalue weighted by Crippen LogP contribution is 2.31. The average Bonchev–Trinajstić information content (AvgIpc) is 2.77. The van der Waals surface area contributed by atoms with Crippen molar-refractivity contribution in [1.82, 2.24) is 0 Å². The zero-order chi connectivity index (χ0) is 26.4. The van der Waals surface area contributed by atoms with Crippen LogP contribution >= 0.6 is 21.5 Å². The molecule has 9 heteroatoms. The maximum Gasteiger partial charge on any atom is 0.309 e. The summed E-state index contributed by atoms with van der Waals surface area (Å²) >= 11 is 0. The van der Waals surface area contributed by atoms with Gasteiger partial charge in [0.15, 0.2) is 30.4 Å². The van der Waals surface area contributed by atoms with E-state index in [0.29, 0.717) is 51.6 Å². The van der Waals surface area contributed by atoms with E-state index in [-0.39, 0.29) is 35.7 Å². The lowest BCUT2D eigenvalue weighted by molar-refractivity contribution is -0.147. The average molecular weight is 525 g/mol. The van der Waals surface area contributed by atoms with Crippen LogP contribution in [0.5, 0.6) is 0 Å². The van der Waals surface area contributed by atoms with E-state index in [4.69, 9.17) is 0 Å². The molecule has 35 heavy (non-hydrogen) atoms. The van der Waals surface area contributed by atoms with E-state index in [1.807, 2.05) is 13.8 Å². The number of hydrogen-bond donors (Lipinski definition) is 2. The minimum atomic E-state index is -1.52. The number of carbonyl (C=O) groups is 1. The first-order chi connectivity index (χ1) is 16.3. The molecule has 0 aliphatic carbocycles. The minimum absolute atomic E-state index is 0.0535. The van der Waals surface area contributed by atoms with Gasteiger partial charge in [0, 0.05) is 56.6 Å². The molecule has 0 saturated carbocycles. The molecule has 0 bridgehead atoms. The first-order valence-electron chi connectivity index (χ1n) is 11.8. The largest absolute Gasteiger partial charge is 0.590 e. The van der Waals surface area contributed by atoms with Gasteiger partial charge in [0.1, 0.15) is 0 Å². The molecule has 0 aromatic carbocycles. The van der Waals surface area contributed by atoms with Crippen LogP contribution in [0.2, 0.25) is 0 Å². The first-order valence-corrected chi connectivity index (χ1v) is 14.1. The molecule has 0 amide bonds. The predicted molar refractivity (Wildman–Crippen MR) is 138 cm³/mol. The summed E-state index contributed by atoms with van der Waals surface area (Å²) < 4.78 is 26.0. The van der Waals surface area contributed by atoms with Gasteiger partial charge in [0.05, 0.1) is 5.41 Å². The van der Waals surface area contributed by atoms with Crippen molar-refractivity contribution in [3.05, 3.63) is 64.2 Å². The standard InChI is InChI=1S/C26H36O7S2/c1-25(2,17-27)11-5-7-20-13-18(28)15-22(34(20)32)9-10-23-16-19(29)14-21(35(23)33)8-6-12-26(3,4)24(30)31/h13-16,27H,5-12,17H2,1-4H3,(H,30,31). The summed E-state index contributed by atoms with van der Waals surface area (Å²) in [4.78, 5) is 37.6. The van der Waals surface area contributed by atoms with Crippen molar-refractivity contribution >= 4 is 27.5 Å². The third-order valence-corrected chi connectivity index (χ3v) is 9.48. The normalized spacial score (nSPS) is 13.2. The smallest absolute Gasteiger partial charge is 0.309 e. The molecule has 2 atom stereocenters. The van der Waals surface area contributed by atoms with Crippen LogP contribution in [-0.2, 0) is 30.5 Å². The topological polar surface area (TPSA) is 138 Å². The number of aryl methyl sites for hydroxylation is 4. The molecule has 0 saturated heterocycles. The van der Waals surface area contributed by atoms with Crippen LogP contribution in [0.25, 0.3) is 0 Å². The van der Waals surface area contributed by atoms with Gasteiger partial charge in [-0.2, -0.15) is 0 Å². The lowest BCUT2D eigenvalue weighted by atomic mass is 9.87. The summed E-state index contributed by atoms with van der Waals surface area (Å²) in [6.45, 7) is 7.22. The third-order valence-electron chi connectivity index (χ3n) is 6.29. The number of carboxylic acid groups (broad SMARTS) is 1. The molecule has 0 aliphatic rings. The van der Waals surface area contributed by atoms with Gasteiger partial charge in [-0.3, -0.25) is 14.4 Å². The van der Waals surface area contributed by atoms with Crippen LogP contribution in [0, 0.1) is 10.8 Å². The quantitative estimate of drug-likeness (QED) is 0.370. The summed E-state index contributed by atoms with van der Waals surface area (Å²) in [6.07, 6.45) is 3.65. The second-order valence-electron chi connectivity index (χ2n) is 10.5. The highest BCUT2D eigenvalue weighted by Gasteiger charge is 2.27. The highest BCUT2D eigenvalue weighted by molar-refractivity contribution is 7.25. The molecule has 2 heterocycles. The van der Waals surface area contributed by atoms with E-state index >= 15 is 0 Å². The fourth-order valence-corrected chi connectivity index (χ4v) is 6.61. The van der Waals surface area contributed by atoms with Gasteiger partial charge in [-0.1, -0.05) is 13.8 Å². The summed E-state index contributed by atoms with van der Waals surface area (Å²) in [7, 11) is -2.98. The van der Waals surface area contributed by atoms with Gasteiger partial charge >= 0.3 is 5.97 Å². The number of hydrogen-bond acceptors (Lipinski definition) is 6. The van der Waals surface area contributed by atoms with Crippen LogP contribution < -0.4 is 10.9 Å². The molecule has 0 radical (unpaired) electrons. The van der Waals surface area contributed by atoms with Crippen molar-refractivity contribution in [2.45, 2.75) is 79.1 Å². The summed E-state index contributed by atoms with van der Waals surface area (Å²) in [6, 6.07) is 5.45. The van der Waals surface area contributed by atoms with E-state index in [9.17, 15) is 33.7 Å². The molecule has 0 fully saturated rings. The maximum absolute atomic E-state index is 13.0. The zero-order valence-electron chi connectivity index (χ0n) is 20.9. The molecule has 0 aliphatic heterocycles. The van der Waals surface area contributed by atoms with Gasteiger partial charge in [-0.15, -0.1) is 0 Å². The van der Waals surface area contributed by atoms with E-state index < -0.39 is 32.9 Å². The Hall–Kier alpha value is -1.91. The van der Waals surface area contributed by atoms with Gasteiger partial charge in [-0.05, 0) is 66.4 Å². The van der Waals surface area contributed by atoms with Crippen LogP contribution in [-0.4, -0.2) is 31.9 Å². The van der Waals surface area contributed by atoms with Crippen molar-refractivity contribution in [2.24, 2.45) is 10.8 Å². The SMILES string of the molecule is CC(C)(CO)CCCc1cc(=O)cc(CCc2cc(=O)cc(CCCC(C)(C)C(=O)O)[s+]2[O-])[s+]1[O-]. The van der Waals surface area contributed by atoms with Crippen LogP contribution in [0.15, 0.2) is 33.9 Å². The summed E-state index contributed by atoms with van der Waals surface area (Å²) in [5.74, 6) is -0.901. The van der Waals surface area contributed by atoms with Gasteiger partial charge in [0.25, 0.3) is 0 Å². The minimum Gasteiger partial charge on any atom is -0.590 e. The molecule has 2 rings (SSSR count). The number of aliphatic hydroxyl groups excluding tert-OH is 1. The van der Waals surface area contributed by atoms with Gasteiger partial charge in [-0.25, -0.2) is 0 Å². The summed E-state index contributed by atoms with van der Waals surface area (Å²) in [5, 5.41) is 18.7. The van der Waals surface area contributed by atoms with E-state index in [1.165, 1.54) is 24.3 Å². The van der Waals surface area contributed by atoms with Crippen LogP contribution in [0.4, 0.5) is 0 Å². The number of rotatable bonds is 13. The Balaban J connectivity index is 2.13. The second-order valence-corrected chi connectivity index (χ2v) is 13.7. The molecule has 2 unspecified atom stereocenters. The van der Waals surface area contributed by atoms with E-state index in [2.05, 4.69) is 0 Å².